The summed E-state index contributed by atoms with van der Waals surface area (Å²) in [4.78, 5) is 79.9. The van der Waals surface area contributed by atoms with Gasteiger partial charge in [-0.1, -0.05) is 54.6 Å². The summed E-state index contributed by atoms with van der Waals surface area (Å²) in [6.07, 6.45) is -4.88. The van der Waals surface area contributed by atoms with E-state index in [9.17, 15) is 47.0 Å². The Hall–Kier alpha value is -5.97. The van der Waals surface area contributed by atoms with Crippen LogP contribution >= 0.6 is 0 Å². The molecule has 0 spiro atoms. The molecule has 6 amide bonds. The van der Waals surface area contributed by atoms with E-state index in [0.717, 1.165) is 24.3 Å². The number of primary amides is 1. The summed E-state index contributed by atoms with van der Waals surface area (Å²) in [5.74, 6) is -4.87. The molecule has 0 saturated carbocycles. The second kappa shape index (κ2) is 19.4. The second-order valence-corrected chi connectivity index (χ2v) is 13.3. The maximum absolute atomic E-state index is 14.0. The minimum Gasteiger partial charge on any atom is -0.508 e. The number of phenols is 1. The Morgan fingerprint density at radius 3 is 1.95 bits per heavy atom. The van der Waals surface area contributed by atoms with Gasteiger partial charge in [-0.3, -0.25) is 28.8 Å². The van der Waals surface area contributed by atoms with Gasteiger partial charge in [-0.05, 0) is 66.6 Å². The van der Waals surface area contributed by atoms with Crippen LogP contribution in [0.15, 0.2) is 78.9 Å². The number of aromatic hydroxyl groups is 1. The van der Waals surface area contributed by atoms with E-state index in [1.54, 1.807) is 42.5 Å². The molecule has 55 heavy (non-hydrogen) atoms. The maximum Gasteiger partial charge on any atom is 0.416 e. The van der Waals surface area contributed by atoms with Gasteiger partial charge in [-0.15, -0.1) is 0 Å². The van der Waals surface area contributed by atoms with Crippen LogP contribution in [0.3, 0.4) is 0 Å². The van der Waals surface area contributed by atoms with Crippen molar-refractivity contribution in [3.63, 3.8) is 0 Å². The number of hydrogen-bond donors (Lipinski definition) is 8. The van der Waals surface area contributed by atoms with E-state index in [2.05, 4.69) is 26.6 Å². The molecule has 1 saturated heterocycles. The standard InChI is InChI=1S/C38H44F3N7O7/c39-38(40,41)25-13-9-24(10-14-25)20-31-37(55)48-30(19-22-6-2-1-3-7-22)36(54)46-29(33(43)51)21-32(50)44-17-5-4-8-28(35(53)47-31)45-34(52)27(42)18-23-11-15-26(49)16-12-23/h1-3,6-7,9-16,27-31,49H,4-5,8,17-21,42H2,(H2,43,51)(H,44,50)(H,45,52)(H,46,54)(H,47,53)(H,48,55)/t27-,28+,29-,30-,31-/m0/s1. The Morgan fingerprint density at radius 2 is 1.35 bits per heavy atom. The summed E-state index contributed by atoms with van der Waals surface area (Å²) in [6, 6.07) is 11.8. The average Bonchev–Trinajstić information content (AvgIpc) is 3.14. The van der Waals surface area contributed by atoms with E-state index in [0.29, 0.717) is 17.5 Å². The van der Waals surface area contributed by atoms with Gasteiger partial charge in [0.15, 0.2) is 0 Å². The zero-order chi connectivity index (χ0) is 40.1. The third-order valence-electron chi connectivity index (χ3n) is 8.92. The molecular formula is C38H44F3N7O7. The zero-order valence-electron chi connectivity index (χ0n) is 29.7. The number of benzene rings is 3. The topological polar surface area (TPSA) is 235 Å². The van der Waals surface area contributed by atoms with Crippen LogP contribution < -0.4 is 38.1 Å². The number of halogens is 3. The highest BCUT2D eigenvalue weighted by molar-refractivity contribution is 5.97. The summed E-state index contributed by atoms with van der Waals surface area (Å²) < 4.78 is 40.0. The van der Waals surface area contributed by atoms with Crippen LogP contribution in [0.5, 0.6) is 5.75 Å². The largest absolute Gasteiger partial charge is 0.508 e. The van der Waals surface area contributed by atoms with Crippen molar-refractivity contribution in [1.82, 2.24) is 26.6 Å². The fraction of sp³-hybridized carbons (Fsp3) is 0.368. The first-order chi connectivity index (χ1) is 26.1. The lowest BCUT2D eigenvalue weighted by Crippen LogP contribution is -2.59. The van der Waals surface area contributed by atoms with E-state index in [4.69, 9.17) is 11.5 Å². The lowest BCUT2D eigenvalue weighted by molar-refractivity contribution is -0.137. The zero-order valence-corrected chi connectivity index (χ0v) is 29.7. The molecule has 0 bridgehead atoms. The number of nitrogens with two attached hydrogens (primary N) is 2. The summed E-state index contributed by atoms with van der Waals surface area (Å²) >= 11 is 0. The van der Waals surface area contributed by atoms with Crippen molar-refractivity contribution >= 4 is 35.4 Å². The molecule has 10 N–H and O–H groups in total. The van der Waals surface area contributed by atoms with Gasteiger partial charge >= 0.3 is 6.18 Å². The Labute approximate surface area is 315 Å². The van der Waals surface area contributed by atoms with Gasteiger partial charge in [0, 0.05) is 19.4 Å². The van der Waals surface area contributed by atoms with Crippen LogP contribution in [0.25, 0.3) is 0 Å². The van der Waals surface area contributed by atoms with Crippen molar-refractivity contribution in [2.45, 2.75) is 81.3 Å². The van der Waals surface area contributed by atoms with Crippen LogP contribution in [0.2, 0.25) is 0 Å². The Morgan fingerprint density at radius 1 is 0.782 bits per heavy atom. The van der Waals surface area contributed by atoms with E-state index in [1.165, 1.54) is 12.1 Å². The Kier molecular flexibility index (Phi) is 14.7. The first-order valence-electron chi connectivity index (χ1n) is 17.6. The van der Waals surface area contributed by atoms with Crippen LogP contribution in [0.4, 0.5) is 13.2 Å². The molecule has 0 aromatic heterocycles. The highest BCUT2D eigenvalue weighted by Gasteiger charge is 2.34. The molecule has 0 radical (unpaired) electrons. The van der Waals surface area contributed by atoms with Crippen molar-refractivity contribution in [2.75, 3.05) is 6.54 Å². The Bertz CT molecular complexity index is 1810. The molecule has 3 aromatic rings. The molecule has 5 atom stereocenters. The summed E-state index contributed by atoms with van der Waals surface area (Å²) in [6.45, 7) is 0.105. The first-order valence-corrected chi connectivity index (χ1v) is 17.6. The van der Waals surface area contributed by atoms with E-state index < -0.39 is 83.8 Å². The van der Waals surface area contributed by atoms with Crippen LogP contribution in [0, 0.1) is 0 Å². The van der Waals surface area contributed by atoms with E-state index in [-0.39, 0.29) is 50.0 Å². The highest BCUT2D eigenvalue weighted by Crippen LogP contribution is 2.29. The predicted molar refractivity (Wildman–Crippen MR) is 193 cm³/mol. The normalized spacial score (nSPS) is 21.2. The number of carbonyl (C=O) groups is 6. The summed E-state index contributed by atoms with van der Waals surface area (Å²) in [7, 11) is 0. The third kappa shape index (κ3) is 13.1. The molecule has 3 aromatic carbocycles. The van der Waals surface area contributed by atoms with Gasteiger partial charge in [0.25, 0.3) is 0 Å². The van der Waals surface area contributed by atoms with Gasteiger partial charge in [0.05, 0.1) is 18.0 Å². The average molecular weight is 768 g/mol. The van der Waals surface area contributed by atoms with Crippen LogP contribution in [-0.2, 0) is 54.2 Å². The fourth-order valence-corrected chi connectivity index (χ4v) is 5.86. The number of hydrogen-bond acceptors (Lipinski definition) is 8. The van der Waals surface area contributed by atoms with Crippen LogP contribution in [0.1, 0.15) is 47.9 Å². The molecule has 1 aliphatic rings. The monoisotopic (exact) mass is 767 g/mol. The number of amides is 6. The van der Waals surface area contributed by atoms with Gasteiger partial charge < -0.3 is 43.2 Å². The smallest absolute Gasteiger partial charge is 0.416 e. The number of alkyl halides is 3. The molecular weight excluding hydrogens is 723 g/mol. The van der Waals surface area contributed by atoms with Crippen molar-refractivity contribution < 1.29 is 47.0 Å². The minimum atomic E-state index is -4.62. The lowest BCUT2D eigenvalue weighted by atomic mass is 10.00. The number of rotatable bonds is 9. The minimum absolute atomic E-state index is 0.0193. The molecule has 0 aliphatic carbocycles. The van der Waals surface area contributed by atoms with Gasteiger partial charge in [-0.25, -0.2) is 0 Å². The summed E-state index contributed by atoms with van der Waals surface area (Å²) in [5.41, 5.74) is 12.2. The molecule has 1 aliphatic heterocycles. The molecule has 17 heteroatoms. The van der Waals surface area contributed by atoms with E-state index in [1.807, 2.05) is 0 Å². The quantitative estimate of drug-likeness (QED) is 0.155. The van der Waals surface area contributed by atoms with Gasteiger partial charge in [0.1, 0.15) is 29.9 Å². The molecule has 14 nitrogen and oxygen atoms in total. The van der Waals surface area contributed by atoms with Gasteiger partial charge in [0.2, 0.25) is 35.4 Å². The van der Waals surface area contributed by atoms with Crippen LogP contribution in [-0.4, -0.2) is 77.3 Å². The van der Waals surface area contributed by atoms with Gasteiger partial charge in [-0.2, -0.15) is 13.2 Å². The molecule has 1 heterocycles. The number of nitrogens with one attached hydrogen (secondary N) is 5. The van der Waals surface area contributed by atoms with E-state index >= 15 is 0 Å². The SMILES string of the molecule is NC(=O)[C@@H]1CC(=O)NCCCC[C@@H](NC(=O)[C@@H](N)Cc2ccc(O)cc2)C(=O)N[C@@H](Cc2ccc(C(F)(F)F)cc2)C(=O)N[C@@H](Cc2ccccc2)C(=O)N1. The molecule has 1 fully saturated rings. The maximum atomic E-state index is 14.0. The number of phenolic OH excluding ortho intramolecular Hbond substituents is 1. The highest BCUT2D eigenvalue weighted by atomic mass is 19.4. The Balaban J connectivity index is 1.66. The van der Waals surface area contributed by atoms with Crippen molar-refractivity contribution in [3.8, 4) is 5.75 Å². The number of carbonyl (C=O) groups excluding carboxylic acids is 6. The summed E-state index contributed by atoms with van der Waals surface area (Å²) in [5, 5.41) is 22.5. The van der Waals surface area contributed by atoms with Crippen molar-refractivity contribution in [3.05, 3.63) is 101 Å². The fourth-order valence-electron chi connectivity index (χ4n) is 5.86. The molecule has 0 unspecified atom stereocenters. The second-order valence-electron chi connectivity index (χ2n) is 13.3. The van der Waals surface area contributed by atoms with Crippen molar-refractivity contribution in [2.24, 2.45) is 11.5 Å². The first kappa shape index (κ1) is 41.8. The third-order valence-corrected chi connectivity index (χ3v) is 8.92. The van der Waals surface area contributed by atoms with Crippen molar-refractivity contribution in [1.29, 1.82) is 0 Å². The predicted octanol–water partition coefficient (Wildman–Crippen LogP) is 0.881. The molecule has 294 valence electrons. The lowest BCUT2D eigenvalue weighted by Gasteiger charge is -2.27. The molecule has 4 rings (SSSR count).